The predicted molar refractivity (Wildman–Crippen MR) is 80.9 cm³/mol. The van der Waals surface area contributed by atoms with E-state index in [1.807, 2.05) is 12.1 Å². The third-order valence-electron chi connectivity index (χ3n) is 4.01. The number of rotatable bonds is 3. The maximum absolute atomic E-state index is 6.14. The van der Waals surface area contributed by atoms with Crippen LogP contribution in [-0.4, -0.2) is 47.3 Å². The van der Waals surface area contributed by atoms with E-state index in [0.29, 0.717) is 12.0 Å². The predicted octanol–water partition coefficient (Wildman–Crippen LogP) is 1.82. The molecule has 2 aromatic rings. The molecular formula is C15H22N4O. The molecule has 3 rings (SSSR count). The average molecular weight is 274 g/mol. The Bertz CT molecular complexity index is 601. The van der Waals surface area contributed by atoms with Gasteiger partial charge in [0.1, 0.15) is 0 Å². The molecule has 2 N–H and O–H groups in total. The van der Waals surface area contributed by atoms with E-state index in [0.717, 1.165) is 43.9 Å². The molecule has 5 heteroatoms. The molecule has 108 valence electrons. The number of hydrogen-bond donors (Lipinski definition) is 1. The standard InChI is InChI=1S/C15H22N4O/c1-11-4-3-5-13-14(11)19(15(16)17-13)12(2)10-18-6-8-20-9-7-18/h3-5,12H,6-10H2,1-2H3,(H2,16,17). The second-order valence-electron chi connectivity index (χ2n) is 5.54. The second-order valence-corrected chi connectivity index (χ2v) is 5.54. The van der Waals surface area contributed by atoms with Crippen LogP contribution in [0.1, 0.15) is 18.5 Å². The van der Waals surface area contributed by atoms with Crippen molar-refractivity contribution in [2.75, 3.05) is 38.6 Å². The van der Waals surface area contributed by atoms with Gasteiger partial charge in [0, 0.05) is 25.7 Å². The molecule has 0 spiro atoms. The number of nitrogens with two attached hydrogens (primary N) is 1. The Labute approximate surface area is 119 Å². The number of nitrogens with zero attached hydrogens (tertiary/aromatic N) is 3. The minimum Gasteiger partial charge on any atom is -0.379 e. The van der Waals surface area contributed by atoms with Crippen LogP contribution >= 0.6 is 0 Å². The quantitative estimate of drug-likeness (QED) is 0.927. The summed E-state index contributed by atoms with van der Waals surface area (Å²) in [5, 5.41) is 0. The summed E-state index contributed by atoms with van der Waals surface area (Å²) in [7, 11) is 0. The van der Waals surface area contributed by atoms with Gasteiger partial charge in [-0.3, -0.25) is 4.90 Å². The molecule has 1 aromatic carbocycles. The van der Waals surface area contributed by atoms with Gasteiger partial charge in [-0.05, 0) is 25.5 Å². The second kappa shape index (κ2) is 5.42. The number of ether oxygens (including phenoxy) is 1. The van der Waals surface area contributed by atoms with Gasteiger partial charge in [0.25, 0.3) is 0 Å². The van der Waals surface area contributed by atoms with E-state index in [4.69, 9.17) is 10.5 Å². The molecule has 0 amide bonds. The van der Waals surface area contributed by atoms with Crippen molar-refractivity contribution in [3.05, 3.63) is 23.8 Å². The highest BCUT2D eigenvalue weighted by molar-refractivity contribution is 5.81. The number of aromatic nitrogens is 2. The number of anilines is 1. The van der Waals surface area contributed by atoms with Crippen LogP contribution in [0, 0.1) is 6.92 Å². The number of benzene rings is 1. The SMILES string of the molecule is Cc1cccc2nc(N)n(C(C)CN3CCOCC3)c12. The zero-order chi connectivity index (χ0) is 14.1. The van der Waals surface area contributed by atoms with Gasteiger partial charge in [-0.1, -0.05) is 12.1 Å². The number of morpholine rings is 1. The Morgan fingerprint density at radius 1 is 1.35 bits per heavy atom. The highest BCUT2D eigenvalue weighted by Crippen LogP contribution is 2.26. The first-order valence-electron chi connectivity index (χ1n) is 7.20. The van der Waals surface area contributed by atoms with Crippen LogP contribution in [-0.2, 0) is 4.74 Å². The zero-order valence-corrected chi connectivity index (χ0v) is 12.2. The van der Waals surface area contributed by atoms with E-state index < -0.39 is 0 Å². The molecule has 1 unspecified atom stereocenters. The average Bonchev–Trinajstić information content (AvgIpc) is 2.77. The van der Waals surface area contributed by atoms with Gasteiger partial charge in [0.2, 0.25) is 5.95 Å². The lowest BCUT2D eigenvalue weighted by Crippen LogP contribution is -2.39. The van der Waals surface area contributed by atoms with Crippen molar-refractivity contribution >= 4 is 17.0 Å². The fourth-order valence-corrected chi connectivity index (χ4v) is 3.02. The number of fused-ring (bicyclic) bond motifs is 1. The number of para-hydroxylation sites is 1. The minimum atomic E-state index is 0.305. The minimum absolute atomic E-state index is 0.305. The number of nitrogen functional groups attached to an aromatic ring is 1. The molecule has 20 heavy (non-hydrogen) atoms. The lowest BCUT2D eigenvalue weighted by molar-refractivity contribution is 0.0329. The van der Waals surface area contributed by atoms with E-state index in [9.17, 15) is 0 Å². The van der Waals surface area contributed by atoms with Crippen molar-refractivity contribution in [3.63, 3.8) is 0 Å². The van der Waals surface area contributed by atoms with E-state index >= 15 is 0 Å². The maximum Gasteiger partial charge on any atom is 0.201 e. The number of aryl methyl sites for hydroxylation is 1. The number of imidazole rings is 1. The summed E-state index contributed by atoms with van der Waals surface area (Å²) in [6.07, 6.45) is 0. The largest absolute Gasteiger partial charge is 0.379 e. The van der Waals surface area contributed by atoms with Crippen LogP contribution in [0.25, 0.3) is 11.0 Å². The summed E-state index contributed by atoms with van der Waals surface area (Å²) in [6.45, 7) is 8.94. The summed E-state index contributed by atoms with van der Waals surface area (Å²) in [5.74, 6) is 0.607. The first kappa shape index (κ1) is 13.4. The van der Waals surface area contributed by atoms with Crippen molar-refractivity contribution < 1.29 is 4.74 Å². The van der Waals surface area contributed by atoms with Gasteiger partial charge < -0.3 is 15.0 Å². The van der Waals surface area contributed by atoms with Crippen LogP contribution < -0.4 is 5.73 Å². The highest BCUT2D eigenvalue weighted by atomic mass is 16.5. The fourth-order valence-electron chi connectivity index (χ4n) is 3.02. The van der Waals surface area contributed by atoms with Crippen molar-refractivity contribution in [3.8, 4) is 0 Å². The van der Waals surface area contributed by atoms with Gasteiger partial charge >= 0.3 is 0 Å². The molecule has 1 aromatic heterocycles. The van der Waals surface area contributed by atoms with E-state index in [1.54, 1.807) is 0 Å². The molecule has 1 aliphatic heterocycles. The van der Waals surface area contributed by atoms with Crippen molar-refractivity contribution in [1.29, 1.82) is 0 Å². The molecule has 0 aliphatic carbocycles. The smallest absolute Gasteiger partial charge is 0.201 e. The van der Waals surface area contributed by atoms with Gasteiger partial charge in [-0.2, -0.15) is 0 Å². The van der Waals surface area contributed by atoms with Crippen LogP contribution in [0.5, 0.6) is 0 Å². The van der Waals surface area contributed by atoms with Crippen LogP contribution in [0.4, 0.5) is 5.95 Å². The molecule has 1 aliphatic rings. The molecule has 2 heterocycles. The van der Waals surface area contributed by atoms with Gasteiger partial charge in [0.15, 0.2) is 0 Å². The summed E-state index contributed by atoms with van der Waals surface area (Å²) in [6, 6.07) is 6.47. The maximum atomic E-state index is 6.14. The summed E-state index contributed by atoms with van der Waals surface area (Å²) >= 11 is 0. The first-order chi connectivity index (χ1) is 9.66. The Kier molecular flexibility index (Phi) is 3.63. The Morgan fingerprint density at radius 3 is 2.85 bits per heavy atom. The van der Waals surface area contributed by atoms with Crippen LogP contribution in [0.2, 0.25) is 0 Å². The topological polar surface area (TPSA) is 56.3 Å². The Hall–Kier alpha value is -1.59. The van der Waals surface area contributed by atoms with Crippen LogP contribution in [0.15, 0.2) is 18.2 Å². The number of hydrogen-bond acceptors (Lipinski definition) is 4. The lowest BCUT2D eigenvalue weighted by atomic mass is 10.2. The molecule has 0 saturated carbocycles. The zero-order valence-electron chi connectivity index (χ0n) is 12.2. The van der Waals surface area contributed by atoms with E-state index in [2.05, 4.69) is 34.4 Å². The van der Waals surface area contributed by atoms with Crippen molar-refractivity contribution in [1.82, 2.24) is 14.5 Å². The van der Waals surface area contributed by atoms with E-state index in [-0.39, 0.29) is 0 Å². The summed E-state index contributed by atoms with van der Waals surface area (Å²) in [4.78, 5) is 6.91. The lowest BCUT2D eigenvalue weighted by Gasteiger charge is -2.30. The molecular weight excluding hydrogens is 252 g/mol. The third kappa shape index (κ3) is 2.39. The highest BCUT2D eigenvalue weighted by Gasteiger charge is 2.19. The first-order valence-corrected chi connectivity index (χ1v) is 7.20. The van der Waals surface area contributed by atoms with Crippen molar-refractivity contribution in [2.24, 2.45) is 0 Å². The molecule has 1 fully saturated rings. The molecule has 0 radical (unpaired) electrons. The van der Waals surface area contributed by atoms with Gasteiger partial charge in [-0.15, -0.1) is 0 Å². The van der Waals surface area contributed by atoms with Crippen LogP contribution in [0.3, 0.4) is 0 Å². The molecule has 5 nitrogen and oxygen atoms in total. The van der Waals surface area contributed by atoms with Gasteiger partial charge in [0.05, 0.1) is 24.2 Å². The van der Waals surface area contributed by atoms with Gasteiger partial charge in [-0.25, -0.2) is 4.98 Å². The third-order valence-corrected chi connectivity index (χ3v) is 4.01. The van der Waals surface area contributed by atoms with E-state index in [1.165, 1.54) is 5.56 Å². The fraction of sp³-hybridized carbons (Fsp3) is 0.533. The molecule has 1 saturated heterocycles. The molecule has 0 bridgehead atoms. The Balaban J connectivity index is 1.90. The Morgan fingerprint density at radius 2 is 2.10 bits per heavy atom. The van der Waals surface area contributed by atoms with Crippen molar-refractivity contribution in [2.45, 2.75) is 19.9 Å². The molecule has 1 atom stereocenters. The summed E-state index contributed by atoms with van der Waals surface area (Å²) in [5.41, 5.74) is 9.50. The normalized spacial score (nSPS) is 18.5. The monoisotopic (exact) mass is 274 g/mol. The summed E-state index contributed by atoms with van der Waals surface area (Å²) < 4.78 is 7.57.